The molecule has 140 valence electrons. The number of hydrogen-bond donors (Lipinski definition) is 3. The van der Waals surface area contributed by atoms with Crippen LogP contribution in [0.5, 0.6) is 0 Å². The molecule has 0 bridgehead atoms. The Morgan fingerprint density at radius 3 is 2.42 bits per heavy atom. The number of amides is 3. The molecule has 0 spiro atoms. The van der Waals surface area contributed by atoms with Gasteiger partial charge in [0.05, 0.1) is 6.54 Å². The number of nitrogens with one attached hydrogen (secondary N) is 1. The number of carboxylic acid groups (broad SMARTS) is 1. The number of piperidine rings is 1. The molecule has 8 nitrogen and oxygen atoms in total. The summed E-state index contributed by atoms with van der Waals surface area (Å²) in [4.78, 5) is 38.8. The van der Waals surface area contributed by atoms with Crippen LogP contribution >= 0.6 is 0 Å². The number of benzene rings is 1. The number of rotatable bonds is 6. The lowest BCUT2D eigenvalue weighted by Crippen LogP contribution is -2.51. The van der Waals surface area contributed by atoms with Gasteiger partial charge in [-0.05, 0) is 50.0 Å². The van der Waals surface area contributed by atoms with Gasteiger partial charge in [0.25, 0.3) is 0 Å². The van der Waals surface area contributed by atoms with Crippen molar-refractivity contribution in [3.05, 3.63) is 29.8 Å². The molecule has 8 heteroatoms. The zero-order valence-electron chi connectivity index (χ0n) is 14.6. The second-order valence-corrected chi connectivity index (χ2v) is 6.76. The zero-order valence-corrected chi connectivity index (χ0v) is 14.6. The van der Waals surface area contributed by atoms with E-state index < -0.39 is 17.9 Å². The van der Waals surface area contributed by atoms with E-state index in [2.05, 4.69) is 5.32 Å². The first-order valence-electron chi connectivity index (χ1n) is 8.88. The Morgan fingerprint density at radius 2 is 1.85 bits per heavy atom. The van der Waals surface area contributed by atoms with Crippen LogP contribution in [0.15, 0.2) is 24.3 Å². The summed E-state index contributed by atoms with van der Waals surface area (Å²) in [5, 5.41) is 12.0. The number of anilines is 1. The lowest BCUT2D eigenvalue weighted by atomic mass is 10.0. The summed E-state index contributed by atoms with van der Waals surface area (Å²) >= 11 is 0. The van der Waals surface area contributed by atoms with E-state index in [0.29, 0.717) is 12.1 Å². The molecule has 0 aromatic heterocycles. The number of nitrogens with zero attached hydrogens (tertiary/aromatic N) is 2. The molecule has 0 aliphatic carbocycles. The van der Waals surface area contributed by atoms with Crippen LogP contribution in [0.2, 0.25) is 0 Å². The number of carbonyl (C=O) groups is 3. The van der Waals surface area contributed by atoms with E-state index >= 15 is 0 Å². The summed E-state index contributed by atoms with van der Waals surface area (Å²) in [6.07, 6.45) is 2.11. The molecule has 2 heterocycles. The van der Waals surface area contributed by atoms with Crippen LogP contribution in [0.4, 0.5) is 10.5 Å². The Kier molecular flexibility index (Phi) is 5.41. The highest BCUT2D eigenvalue weighted by Gasteiger charge is 2.44. The molecule has 2 aliphatic rings. The number of primary amides is 1. The Bertz CT molecular complexity index is 685. The number of carbonyl (C=O) groups excluding carboxylic acids is 2. The number of nitrogens with two attached hydrogens (primary N) is 1. The Hall–Kier alpha value is -2.61. The van der Waals surface area contributed by atoms with Crippen molar-refractivity contribution in [2.45, 2.75) is 37.8 Å². The van der Waals surface area contributed by atoms with Crippen molar-refractivity contribution in [2.24, 2.45) is 5.73 Å². The van der Waals surface area contributed by atoms with Crippen LogP contribution < -0.4 is 16.0 Å². The second kappa shape index (κ2) is 7.74. The molecule has 2 fully saturated rings. The molecule has 26 heavy (non-hydrogen) atoms. The van der Waals surface area contributed by atoms with Crippen molar-refractivity contribution in [3.63, 3.8) is 0 Å². The van der Waals surface area contributed by atoms with Gasteiger partial charge in [-0.15, -0.1) is 0 Å². The van der Waals surface area contributed by atoms with Crippen molar-refractivity contribution in [1.29, 1.82) is 0 Å². The van der Waals surface area contributed by atoms with E-state index in [0.717, 1.165) is 31.5 Å². The van der Waals surface area contributed by atoms with E-state index in [1.54, 1.807) is 21.9 Å². The van der Waals surface area contributed by atoms with Gasteiger partial charge in [-0.25, -0.2) is 4.79 Å². The highest BCUT2D eigenvalue weighted by atomic mass is 16.4. The normalized spacial score (nSPS) is 21.2. The van der Waals surface area contributed by atoms with Gasteiger partial charge < -0.3 is 21.1 Å². The molecule has 1 atom stereocenters. The van der Waals surface area contributed by atoms with Crippen molar-refractivity contribution in [3.8, 4) is 0 Å². The zero-order chi connectivity index (χ0) is 18.7. The maximum atomic E-state index is 13.0. The van der Waals surface area contributed by atoms with Crippen LogP contribution in [0.3, 0.4) is 0 Å². The van der Waals surface area contributed by atoms with Crippen molar-refractivity contribution < 1.29 is 19.5 Å². The number of aliphatic carboxylic acids is 1. The quantitative estimate of drug-likeness (QED) is 0.685. The van der Waals surface area contributed by atoms with Gasteiger partial charge in [0.2, 0.25) is 5.91 Å². The molecule has 4 N–H and O–H groups in total. The Morgan fingerprint density at radius 1 is 1.19 bits per heavy atom. The first-order chi connectivity index (χ1) is 12.5. The second-order valence-electron chi connectivity index (χ2n) is 6.76. The monoisotopic (exact) mass is 360 g/mol. The third-order valence-corrected chi connectivity index (χ3v) is 5.05. The summed E-state index contributed by atoms with van der Waals surface area (Å²) in [5.74, 6) is -1.33. The van der Waals surface area contributed by atoms with Gasteiger partial charge in [-0.2, -0.15) is 0 Å². The van der Waals surface area contributed by atoms with Crippen LogP contribution in [0.25, 0.3) is 0 Å². The van der Waals surface area contributed by atoms with E-state index in [9.17, 15) is 14.4 Å². The van der Waals surface area contributed by atoms with Gasteiger partial charge >= 0.3 is 12.0 Å². The topological polar surface area (TPSA) is 116 Å². The minimum absolute atomic E-state index is 0.0149. The predicted octanol–water partition coefficient (Wildman–Crippen LogP) is 0.552. The standard InChI is InChI=1S/C18H24N4O4/c19-17(25)15-11-21(18(26)22(15)14-7-9-20-10-8-14)13-4-1-12(2-5-13)3-6-16(23)24/h1-2,4-5,14-15,20H,3,6-11H2,(H2,19,25)(H,23,24). The van der Waals surface area contributed by atoms with Gasteiger partial charge in [0, 0.05) is 18.2 Å². The molecule has 1 aromatic carbocycles. The minimum Gasteiger partial charge on any atom is -0.481 e. The number of aryl methyl sites for hydroxylation is 1. The SMILES string of the molecule is NC(=O)C1CN(c2ccc(CCC(=O)O)cc2)C(=O)N1C1CCNCC1. The predicted molar refractivity (Wildman–Crippen MR) is 95.9 cm³/mol. The van der Waals surface area contributed by atoms with Gasteiger partial charge in [0.15, 0.2) is 0 Å². The third-order valence-electron chi connectivity index (χ3n) is 5.05. The molecular formula is C18H24N4O4. The van der Waals surface area contributed by atoms with Gasteiger partial charge in [-0.1, -0.05) is 12.1 Å². The molecule has 1 unspecified atom stereocenters. The molecule has 3 rings (SSSR count). The lowest BCUT2D eigenvalue weighted by molar-refractivity contribution is -0.137. The van der Waals surface area contributed by atoms with Crippen LogP contribution in [0.1, 0.15) is 24.8 Å². The number of carboxylic acids is 1. The van der Waals surface area contributed by atoms with E-state index in [4.69, 9.17) is 10.8 Å². The fourth-order valence-corrected chi connectivity index (χ4v) is 3.64. The molecular weight excluding hydrogens is 336 g/mol. The molecule has 2 saturated heterocycles. The third kappa shape index (κ3) is 3.80. The molecule has 1 aromatic rings. The summed E-state index contributed by atoms with van der Waals surface area (Å²) in [6.45, 7) is 1.88. The van der Waals surface area contributed by atoms with Gasteiger partial charge in [-0.3, -0.25) is 14.5 Å². The Balaban J connectivity index is 1.76. The van der Waals surface area contributed by atoms with Crippen LogP contribution in [-0.4, -0.2) is 59.6 Å². The molecule has 0 radical (unpaired) electrons. The summed E-state index contributed by atoms with van der Waals surface area (Å²) in [7, 11) is 0. The van der Waals surface area contributed by atoms with Crippen LogP contribution in [-0.2, 0) is 16.0 Å². The maximum Gasteiger partial charge on any atom is 0.325 e. The minimum atomic E-state index is -0.842. The highest BCUT2D eigenvalue weighted by molar-refractivity contribution is 6.00. The highest BCUT2D eigenvalue weighted by Crippen LogP contribution is 2.28. The average Bonchev–Trinajstić information content (AvgIpc) is 2.99. The van der Waals surface area contributed by atoms with E-state index in [1.165, 1.54) is 0 Å². The van der Waals surface area contributed by atoms with Gasteiger partial charge in [0.1, 0.15) is 6.04 Å². The molecule has 0 saturated carbocycles. The van der Waals surface area contributed by atoms with Crippen molar-refractivity contribution >= 4 is 23.6 Å². The van der Waals surface area contributed by atoms with E-state index in [1.807, 2.05) is 12.1 Å². The summed E-state index contributed by atoms with van der Waals surface area (Å²) in [6, 6.07) is 6.41. The lowest BCUT2D eigenvalue weighted by Gasteiger charge is -2.33. The van der Waals surface area contributed by atoms with E-state index in [-0.39, 0.29) is 25.0 Å². The molecule has 2 aliphatic heterocycles. The fraction of sp³-hybridized carbons (Fsp3) is 0.500. The fourth-order valence-electron chi connectivity index (χ4n) is 3.64. The summed E-state index contributed by atoms with van der Waals surface area (Å²) < 4.78 is 0. The first-order valence-corrected chi connectivity index (χ1v) is 8.88. The van der Waals surface area contributed by atoms with Crippen LogP contribution in [0, 0.1) is 0 Å². The largest absolute Gasteiger partial charge is 0.481 e. The summed E-state index contributed by atoms with van der Waals surface area (Å²) in [5.41, 5.74) is 7.14. The number of hydrogen-bond acceptors (Lipinski definition) is 4. The first kappa shape index (κ1) is 18.2. The average molecular weight is 360 g/mol. The Labute approximate surface area is 151 Å². The van der Waals surface area contributed by atoms with Crippen molar-refractivity contribution in [1.82, 2.24) is 10.2 Å². The maximum absolute atomic E-state index is 13.0. The molecule has 3 amide bonds. The number of urea groups is 1. The smallest absolute Gasteiger partial charge is 0.325 e. The van der Waals surface area contributed by atoms with Crippen molar-refractivity contribution in [2.75, 3.05) is 24.5 Å².